The third-order valence-electron chi connectivity index (χ3n) is 3.53. The van der Waals surface area contributed by atoms with E-state index in [4.69, 9.17) is 0 Å². The molecule has 0 bridgehead atoms. The van der Waals surface area contributed by atoms with E-state index in [1.807, 2.05) is 0 Å². The maximum Gasteiger partial charge on any atom is -0.0277 e. The molecule has 0 heterocycles. The molecule has 0 aromatic rings. The topological polar surface area (TPSA) is 0 Å². The monoisotopic (exact) mass is 140 g/mol. The van der Waals surface area contributed by atoms with Gasteiger partial charge in [0.25, 0.3) is 0 Å². The van der Waals surface area contributed by atoms with E-state index in [9.17, 15) is 0 Å². The highest BCUT2D eigenvalue weighted by molar-refractivity contribution is 4.85. The molecule has 10 heavy (non-hydrogen) atoms. The van der Waals surface area contributed by atoms with Gasteiger partial charge < -0.3 is 0 Å². The van der Waals surface area contributed by atoms with Crippen LogP contribution in [-0.2, 0) is 0 Å². The Kier molecular flexibility index (Phi) is 2.38. The second-order valence-corrected chi connectivity index (χ2v) is 4.08. The average molecular weight is 140 g/mol. The van der Waals surface area contributed by atoms with Crippen molar-refractivity contribution in [1.82, 2.24) is 0 Å². The van der Waals surface area contributed by atoms with Gasteiger partial charge in [-0.2, -0.15) is 0 Å². The molecule has 1 rings (SSSR count). The second kappa shape index (κ2) is 2.94. The molecule has 0 aromatic heterocycles. The number of rotatable bonds is 2. The summed E-state index contributed by atoms with van der Waals surface area (Å²) in [5, 5.41) is 0. The van der Waals surface area contributed by atoms with Gasteiger partial charge in [-0.1, -0.05) is 40.0 Å². The number of hydrogen-bond acceptors (Lipinski definition) is 0. The van der Waals surface area contributed by atoms with Gasteiger partial charge >= 0.3 is 0 Å². The normalized spacial score (nSPS) is 24.0. The highest BCUT2D eigenvalue weighted by atomic mass is 14.4. The molecule has 1 aliphatic carbocycles. The van der Waals surface area contributed by atoms with E-state index in [-0.39, 0.29) is 0 Å². The summed E-state index contributed by atoms with van der Waals surface area (Å²) in [5.74, 6) is 0.903. The van der Waals surface area contributed by atoms with Gasteiger partial charge in [-0.25, -0.2) is 0 Å². The van der Waals surface area contributed by atoms with E-state index < -0.39 is 0 Å². The van der Waals surface area contributed by atoms with Crippen molar-refractivity contribution in [3.05, 3.63) is 0 Å². The van der Waals surface area contributed by atoms with Gasteiger partial charge in [-0.05, 0) is 24.2 Å². The molecule has 0 atom stereocenters. The van der Waals surface area contributed by atoms with Gasteiger partial charge in [0, 0.05) is 0 Å². The lowest BCUT2D eigenvalue weighted by atomic mass is 9.74. The highest BCUT2D eigenvalue weighted by Gasteiger charge is 2.34. The first-order valence-electron chi connectivity index (χ1n) is 4.71. The Morgan fingerprint density at radius 3 is 1.90 bits per heavy atom. The molecule has 0 spiro atoms. The van der Waals surface area contributed by atoms with Gasteiger partial charge in [-0.15, -0.1) is 0 Å². The summed E-state index contributed by atoms with van der Waals surface area (Å²) in [6.07, 6.45) is 7.32. The molecule has 1 fully saturated rings. The van der Waals surface area contributed by atoms with Gasteiger partial charge in [-0.3, -0.25) is 0 Å². The maximum absolute atomic E-state index is 2.38. The summed E-state index contributed by atoms with van der Waals surface area (Å²) in [6.45, 7) is 7.12. The van der Waals surface area contributed by atoms with Crippen LogP contribution in [0.5, 0.6) is 0 Å². The zero-order valence-electron chi connectivity index (χ0n) is 7.61. The third kappa shape index (κ3) is 1.21. The van der Waals surface area contributed by atoms with Crippen LogP contribution < -0.4 is 0 Å². The molecule has 0 radical (unpaired) electrons. The Morgan fingerprint density at radius 1 is 1.20 bits per heavy atom. The van der Waals surface area contributed by atoms with E-state index in [2.05, 4.69) is 20.8 Å². The lowest BCUT2D eigenvalue weighted by molar-refractivity contribution is 0.188. The molecule has 0 aromatic carbocycles. The molecule has 0 amide bonds. The first-order valence-corrected chi connectivity index (χ1v) is 4.71. The highest BCUT2D eigenvalue weighted by Crippen LogP contribution is 2.46. The quantitative estimate of drug-likeness (QED) is 0.549. The van der Waals surface area contributed by atoms with Crippen molar-refractivity contribution in [2.45, 2.75) is 52.9 Å². The molecule has 0 unspecified atom stereocenters. The Bertz CT molecular complexity index is 96.6. The molecular formula is C10H20. The summed E-state index contributed by atoms with van der Waals surface area (Å²) in [5.41, 5.74) is 0.736. The van der Waals surface area contributed by atoms with Crippen LogP contribution in [-0.4, -0.2) is 0 Å². The van der Waals surface area contributed by atoms with Crippen LogP contribution in [0.15, 0.2) is 0 Å². The summed E-state index contributed by atoms with van der Waals surface area (Å²) < 4.78 is 0. The maximum atomic E-state index is 2.38. The lowest BCUT2D eigenvalue weighted by Crippen LogP contribution is -2.22. The van der Waals surface area contributed by atoms with E-state index in [1.54, 1.807) is 0 Å². The van der Waals surface area contributed by atoms with Gasteiger partial charge in [0.15, 0.2) is 0 Å². The minimum absolute atomic E-state index is 0.736. The smallest absolute Gasteiger partial charge is 0.0277 e. The molecule has 0 aliphatic heterocycles. The summed E-state index contributed by atoms with van der Waals surface area (Å²) >= 11 is 0. The molecule has 1 aliphatic rings. The van der Waals surface area contributed by atoms with Crippen molar-refractivity contribution < 1.29 is 0 Å². The predicted molar refractivity (Wildman–Crippen MR) is 46.0 cm³/mol. The van der Waals surface area contributed by atoms with Crippen LogP contribution >= 0.6 is 0 Å². The van der Waals surface area contributed by atoms with E-state index in [0.29, 0.717) is 0 Å². The summed E-state index contributed by atoms with van der Waals surface area (Å²) in [7, 11) is 0. The van der Waals surface area contributed by atoms with E-state index in [1.165, 1.54) is 32.1 Å². The number of hydrogen-bond donors (Lipinski definition) is 0. The van der Waals surface area contributed by atoms with E-state index >= 15 is 0 Å². The molecule has 60 valence electrons. The Balaban J connectivity index is 2.58. The molecule has 0 nitrogen and oxygen atoms in total. The van der Waals surface area contributed by atoms with Crippen LogP contribution in [0.3, 0.4) is 0 Å². The molecule has 1 saturated carbocycles. The SMILES string of the molecule is CCC1(C(C)C)CCCC1. The lowest BCUT2D eigenvalue weighted by Gasteiger charge is -2.32. The first-order chi connectivity index (χ1) is 4.71. The minimum Gasteiger partial charge on any atom is -0.0648 e. The molecule has 0 N–H and O–H groups in total. The fraction of sp³-hybridized carbons (Fsp3) is 1.00. The van der Waals surface area contributed by atoms with Gasteiger partial charge in [0.1, 0.15) is 0 Å². The minimum atomic E-state index is 0.736. The van der Waals surface area contributed by atoms with Crippen LogP contribution in [0.1, 0.15) is 52.9 Å². The van der Waals surface area contributed by atoms with Gasteiger partial charge in [0.05, 0.1) is 0 Å². The molecular weight excluding hydrogens is 120 g/mol. The fourth-order valence-corrected chi connectivity index (χ4v) is 2.42. The van der Waals surface area contributed by atoms with Crippen molar-refractivity contribution in [2.75, 3.05) is 0 Å². The first kappa shape index (κ1) is 8.10. The van der Waals surface area contributed by atoms with Crippen LogP contribution in [0.2, 0.25) is 0 Å². The molecule has 0 heteroatoms. The Labute approximate surface area is 65.0 Å². The largest absolute Gasteiger partial charge is 0.0648 e. The van der Waals surface area contributed by atoms with Crippen LogP contribution in [0.4, 0.5) is 0 Å². The standard InChI is InChI=1S/C10H20/c1-4-10(9(2)3)7-5-6-8-10/h9H,4-8H2,1-3H3. The summed E-state index contributed by atoms with van der Waals surface area (Å²) in [4.78, 5) is 0. The molecule has 0 saturated heterocycles. The average Bonchev–Trinajstić information content (AvgIpc) is 2.35. The zero-order chi connectivity index (χ0) is 7.61. The van der Waals surface area contributed by atoms with Crippen molar-refractivity contribution in [1.29, 1.82) is 0 Å². The third-order valence-corrected chi connectivity index (χ3v) is 3.53. The summed E-state index contributed by atoms with van der Waals surface area (Å²) in [6, 6.07) is 0. The van der Waals surface area contributed by atoms with Gasteiger partial charge in [0.2, 0.25) is 0 Å². The van der Waals surface area contributed by atoms with Crippen molar-refractivity contribution in [3.63, 3.8) is 0 Å². The Hall–Kier alpha value is 0. The fourth-order valence-electron chi connectivity index (χ4n) is 2.42. The van der Waals surface area contributed by atoms with Crippen molar-refractivity contribution in [3.8, 4) is 0 Å². The zero-order valence-corrected chi connectivity index (χ0v) is 7.61. The van der Waals surface area contributed by atoms with Crippen LogP contribution in [0.25, 0.3) is 0 Å². The van der Waals surface area contributed by atoms with Crippen molar-refractivity contribution in [2.24, 2.45) is 11.3 Å². The Morgan fingerprint density at radius 2 is 1.70 bits per heavy atom. The van der Waals surface area contributed by atoms with E-state index in [0.717, 1.165) is 11.3 Å². The van der Waals surface area contributed by atoms with Crippen molar-refractivity contribution >= 4 is 0 Å². The predicted octanol–water partition coefficient (Wildman–Crippen LogP) is 3.61. The van der Waals surface area contributed by atoms with Crippen LogP contribution in [0, 0.1) is 11.3 Å². The second-order valence-electron chi connectivity index (χ2n) is 4.08.